The monoisotopic (exact) mass is 295 g/mol. The number of thioether (sulfide) groups is 1. The number of hydrogen-bond donors (Lipinski definition) is 1. The highest BCUT2D eigenvalue weighted by molar-refractivity contribution is 8.05. The second kappa shape index (κ2) is 5.78. The lowest BCUT2D eigenvalue weighted by atomic mass is 9.99. The van der Waals surface area contributed by atoms with Gasteiger partial charge in [-0.1, -0.05) is 61.5 Å². The zero-order valence-corrected chi connectivity index (χ0v) is 12.7. The topological polar surface area (TPSA) is 43.1 Å². The Morgan fingerprint density at radius 3 is 2.57 bits per heavy atom. The van der Waals surface area contributed by atoms with Gasteiger partial charge in [0.1, 0.15) is 0 Å². The van der Waals surface area contributed by atoms with E-state index in [1.54, 1.807) is 0 Å². The van der Waals surface area contributed by atoms with Crippen LogP contribution in [0.25, 0.3) is 5.70 Å². The Labute approximate surface area is 129 Å². The van der Waals surface area contributed by atoms with Crippen LogP contribution in [-0.2, 0) is 6.42 Å². The first-order valence-corrected chi connectivity index (χ1v) is 7.93. The molecule has 0 atom stereocenters. The first kappa shape index (κ1) is 14.0. The molecular weight excluding hydrogens is 278 g/mol. The molecule has 1 aliphatic rings. The average molecular weight is 295 g/mol. The molecule has 0 saturated heterocycles. The fourth-order valence-corrected chi connectivity index (χ4v) is 3.65. The van der Waals surface area contributed by atoms with E-state index in [2.05, 4.69) is 13.0 Å². The van der Waals surface area contributed by atoms with E-state index in [-0.39, 0.29) is 5.78 Å². The maximum Gasteiger partial charge on any atom is 0.202 e. The average Bonchev–Trinajstić information content (AvgIpc) is 2.85. The number of nitrogens with two attached hydrogens (primary N) is 1. The first-order valence-electron chi connectivity index (χ1n) is 7.12. The largest absolute Gasteiger partial charge is 0.397 e. The van der Waals surface area contributed by atoms with Gasteiger partial charge in [0.15, 0.2) is 0 Å². The Morgan fingerprint density at radius 2 is 1.81 bits per heavy atom. The summed E-state index contributed by atoms with van der Waals surface area (Å²) in [6.45, 7) is 2.14. The van der Waals surface area contributed by atoms with Crippen molar-refractivity contribution in [3.8, 4) is 0 Å². The molecule has 0 unspecified atom stereocenters. The zero-order valence-electron chi connectivity index (χ0n) is 11.9. The van der Waals surface area contributed by atoms with Crippen molar-refractivity contribution in [3.05, 3.63) is 70.1 Å². The van der Waals surface area contributed by atoms with Crippen LogP contribution in [0.5, 0.6) is 0 Å². The number of fused-ring (bicyclic) bond motifs is 1. The third-order valence-electron chi connectivity index (χ3n) is 3.62. The number of allylic oxidation sites excluding steroid dienone is 1. The van der Waals surface area contributed by atoms with Crippen molar-refractivity contribution < 1.29 is 4.79 Å². The molecule has 0 spiro atoms. The number of benzene rings is 2. The van der Waals surface area contributed by atoms with Gasteiger partial charge in [0.2, 0.25) is 5.78 Å². The summed E-state index contributed by atoms with van der Waals surface area (Å²) in [7, 11) is 0. The van der Waals surface area contributed by atoms with Gasteiger partial charge in [-0.25, -0.2) is 0 Å². The SMILES string of the molecule is CCCc1ccccc1/C(N)=C1\Sc2ccccc2C1=O. The predicted octanol–water partition coefficient (Wildman–Crippen LogP) is 4.26. The van der Waals surface area contributed by atoms with Gasteiger partial charge in [-0.15, -0.1) is 0 Å². The van der Waals surface area contributed by atoms with Crippen molar-refractivity contribution in [2.45, 2.75) is 24.7 Å². The van der Waals surface area contributed by atoms with Gasteiger partial charge in [-0.2, -0.15) is 0 Å². The number of carbonyl (C=O) groups is 1. The molecule has 0 bridgehead atoms. The molecule has 0 aromatic heterocycles. The van der Waals surface area contributed by atoms with E-state index in [0.29, 0.717) is 10.6 Å². The van der Waals surface area contributed by atoms with Gasteiger partial charge in [-0.3, -0.25) is 4.79 Å². The van der Waals surface area contributed by atoms with E-state index >= 15 is 0 Å². The number of aryl methyl sites for hydroxylation is 1. The lowest BCUT2D eigenvalue weighted by Gasteiger charge is -2.10. The number of ketones is 1. The summed E-state index contributed by atoms with van der Waals surface area (Å²) in [5.41, 5.74) is 9.89. The van der Waals surface area contributed by atoms with Gasteiger partial charge in [-0.05, 0) is 24.1 Å². The fourth-order valence-electron chi connectivity index (χ4n) is 2.59. The number of hydrogen-bond acceptors (Lipinski definition) is 3. The molecule has 2 aromatic rings. The lowest BCUT2D eigenvalue weighted by molar-refractivity contribution is 0.104. The second-order valence-electron chi connectivity index (χ2n) is 5.08. The Hall–Kier alpha value is -2.00. The highest BCUT2D eigenvalue weighted by atomic mass is 32.2. The van der Waals surface area contributed by atoms with Crippen molar-refractivity contribution in [2.24, 2.45) is 5.73 Å². The molecule has 0 fully saturated rings. The highest BCUT2D eigenvalue weighted by Gasteiger charge is 2.28. The Balaban J connectivity index is 2.07. The van der Waals surface area contributed by atoms with Crippen LogP contribution in [0, 0.1) is 0 Å². The van der Waals surface area contributed by atoms with Gasteiger partial charge in [0, 0.05) is 16.0 Å². The van der Waals surface area contributed by atoms with Crippen LogP contribution < -0.4 is 5.73 Å². The molecule has 0 radical (unpaired) electrons. The van der Waals surface area contributed by atoms with E-state index in [4.69, 9.17) is 5.73 Å². The van der Waals surface area contributed by atoms with E-state index < -0.39 is 0 Å². The van der Waals surface area contributed by atoms with E-state index in [1.165, 1.54) is 17.3 Å². The van der Waals surface area contributed by atoms with Crippen LogP contribution in [0.3, 0.4) is 0 Å². The lowest BCUT2D eigenvalue weighted by Crippen LogP contribution is -2.07. The van der Waals surface area contributed by atoms with Gasteiger partial charge < -0.3 is 5.73 Å². The van der Waals surface area contributed by atoms with Crippen molar-refractivity contribution in [2.75, 3.05) is 0 Å². The predicted molar refractivity (Wildman–Crippen MR) is 88.2 cm³/mol. The number of carbonyl (C=O) groups excluding carboxylic acids is 1. The summed E-state index contributed by atoms with van der Waals surface area (Å²) >= 11 is 1.48. The van der Waals surface area contributed by atoms with Crippen LogP contribution in [0.4, 0.5) is 0 Å². The summed E-state index contributed by atoms with van der Waals surface area (Å²) < 4.78 is 0. The van der Waals surface area contributed by atoms with Gasteiger partial charge in [0.25, 0.3) is 0 Å². The minimum Gasteiger partial charge on any atom is -0.397 e. The van der Waals surface area contributed by atoms with Gasteiger partial charge >= 0.3 is 0 Å². The number of rotatable bonds is 3. The third-order valence-corrected chi connectivity index (χ3v) is 4.81. The van der Waals surface area contributed by atoms with Crippen molar-refractivity contribution >= 4 is 23.2 Å². The molecule has 0 amide bonds. The fraction of sp³-hybridized carbons (Fsp3) is 0.167. The maximum absolute atomic E-state index is 12.5. The normalized spacial score (nSPS) is 16.0. The third kappa shape index (κ3) is 2.49. The first-order chi connectivity index (χ1) is 10.2. The Bertz CT molecular complexity index is 734. The Kier molecular flexibility index (Phi) is 3.84. The van der Waals surface area contributed by atoms with E-state index in [0.717, 1.165) is 28.9 Å². The van der Waals surface area contributed by atoms with Crippen molar-refractivity contribution in [1.29, 1.82) is 0 Å². The molecule has 21 heavy (non-hydrogen) atoms. The van der Waals surface area contributed by atoms with Crippen LogP contribution >= 0.6 is 11.8 Å². The summed E-state index contributed by atoms with van der Waals surface area (Å²) in [5.74, 6) is 0.0411. The molecule has 2 aromatic carbocycles. The van der Waals surface area contributed by atoms with E-state index in [9.17, 15) is 4.79 Å². The van der Waals surface area contributed by atoms with Crippen LogP contribution in [0.15, 0.2) is 58.3 Å². The molecule has 1 heterocycles. The summed E-state index contributed by atoms with van der Waals surface area (Å²) in [5, 5.41) is 0. The smallest absolute Gasteiger partial charge is 0.202 e. The molecule has 2 nitrogen and oxygen atoms in total. The Morgan fingerprint density at radius 1 is 1.10 bits per heavy atom. The second-order valence-corrected chi connectivity index (χ2v) is 6.13. The minimum atomic E-state index is 0.0411. The molecule has 0 aliphatic carbocycles. The van der Waals surface area contributed by atoms with Crippen LogP contribution in [0.1, 0.15) is 34.8 Å². The minimum absolute atomic E-state index is 0.0411. The highest BCUT2D eigenvalue weighted by Crippen LogP contribution is 2.42. The van der Waals surface area contributed by atoms with Crippen LogP contribution in [0.2, 0.25) is 0 Å². The molecular formula is C18H17NOS. The van der Waals surface area contributed by atoms with Crippen molar-refractivity contribution in [3.63, 3.8) is 0 Å². The molecule has 0 saturated carbocycles. The molecule has 106 valence electrons. The molecule has 1 aliphatic heterocycles. The van der Waals surface area contributed by atoms with E-state index in [1.807, 2.05) is 42.5 Å². The van der Waals surface area contributed by atoms with Crippen LogP contribution in [-0.4, -0.2) is 5.78 Å². The quantitative estimate of drug-likeness (QED) is 0.861. The maximum atomic E-state index is 12.5. The molecule has 2 N–H and O–H groups in total. The zero-order chi connectivity index (χ0) is 14.8. The molecule has 3 rings (SSSR count). The summed E-state index contributed by atoms with van der Waals surface area (Å²) in [6, 6.07) is 15.8. The van der Waals surface area contributed by atoms with Gasteiger partial charge in [0.05, 0.1) is 10.6 Å². The summed E-state index contributed by atoms with van der Waals surface area (Å²) in [4.78, 5) is 14.2. The number of Topliss-reactive ketones (excluding diaryl/α,β-unsaturated/α-hetero) is 1. The molecule has 3 heteroatoms. The standard InChI is InChI=1S/C18H17NOS/c1-2-7-12-8-3-4-9-13(12)16(19)18-17(20)14-10-5-6-11-15(14)21-18/h3-6,8-11H,2,7,19H2,1H3/b18-16+. The summed E-state index contributed by atoms with van der Waals surface area (Å²) in [6.07, 6.45) is 2.02. The van der Waals surface area contributed by atoms with Crippen molar-refractivity contribution in [1.82, 2.24) is 0 Å².